The molecular weight excluding hydrogens is 465 g/mol. The summed E-state index contributed by atoms with van der Waals surface area (Å²) in [6, 6.07) is 11.7. The molecule has 1 aromatic heterocycles. The van der Waals surface area contributed by atoms with Crippen LogP contribution in [0.4, 0.5) is 18.9 Å². The van der Waals surface area contributed by atoms with E-state index in [2.05, 4.69) is 15.5 Å². The molecule has 0 fully saturated rings. The molecule has 11 heteroatoms. The Hall–Kier alpha value is -2.56. The summed E-state index contributed by atoms with van der Waals surface area (Å²) < 4.78 is 45.6. The fraction of sp³-hybridized carbons (Fsp3) is 0.286. The van der Waals surface area contributed by atoms with E-state index in [9.17, 15) is 18.0 Å². The van der Waals surface area contributed by atoms with Crippen molar-refractivity contribution in [3.63, 3.8) is 0 Å². The molecule has 1 heterocycles. The van der Waals surface area contributed by atoms with E-state index in [1.54, 1.807) is 13.2 Å². The smallest absolute Gasteiger partial charge is 0.385 e. The van der Waals surface area contributed by atoms with E-state index in [0.29, 0.717) is 41.1 Å². The van der Waals surface area contributed by atoms with Gasteiger partial charge in [0.25, 0.3) is 0 Å². The molecule has 0 saturated heterocycles. The van der Waals surface area contributed by atoms with Crippen LogP contribution in [-0.2, 0) is 22.3 Å². The van der Waals surface area contributed by atoms with E-state index in [0.717, 1.165) is 23.9 Å². The second kappa shape index (κ2) is 10.8. The molecule has 0 bridgehead atoms. The Balaban J connectivity index is 1.73. The number of hydrogen-bond donors (Lipinski definition) is 1. The Morgan fingerprint density at radius 1 is 1.19 bits per heavy atom. The van der Waals surface area contributed by atoms with Crippen molar-refractivity contribution in [2.45, 2.75) is 24.3 Å². The van der Waals surface area contributed by atoms with E-state index in [-0.39, 0.29) is 11.4 Å². The number of thioether (sulfide) groups is 1. The van der Waals surface area contributed by atoms with E-state index in [1.165, 1.54) is 12.1 Å². The highest BCUT2D eigenvalue weighted by Gasteiger charge is 2.30. The standard InChI is InChI=1S/C21H20ClF3N4O2S/c1-31-11-5-10-29-19(16-8-2-3-9-17(16)22)27-28-20(29)32-13-18(30)26-15-7-4-6-14(12-15)21(23,24)25/h2-4,6-9,12H,5,10-11,13H2,1H3,(H,26,30). The molecule has 3 rings (SSSR count). The minimum Gasteiger partial charge on any atom is -0.385 e. The number of carbonyl (C=O) groups excluding carboxylic acids is 1. The zero-order valence-electron chi connectivity index (χ0n) is 17.0. The second-order valence-electron chi connectivity index (χ2n) is 6.70. The molecule has 1 N–H and O–H groups in total. The van der Waals surface area contributed by atoms with Crippen molar-refractivity contribution in [2.24, 2.45) is 0 Å². The normalized spacial score (nSPS) is 11.5. The fourth-order valence-corrected chi connectivity index (χ4v) is 3.89. The molecule has 2 aromatic carbocycles. The van der Waals surface area contributed by atoms with Gasteiger partial charge in [-0.2, -0.15) is 13.2 Å². The number of carbonyl (C=O) groups is 1. The largest absolute Gasteiger partial charge is 0.416 e. The van der Waals surface area contributed by atoms with Gasteiger partial charge in [-0.3, -0.25) is 4.79 Å². The van der Waals surface area contributed by atoms with Crippen LogP contribution in [0, 0.1) is 0 Å². The summed E-state index contributed by atoms with van der Waals surface area (Å²) in [6.07, 6.45) is -3.79. The van der Waals surface area contributed by atoms with Gasteiger partial charge in [-0.1, -0.05) is 41.6 Å². The molecule has 170 valence electrons. The number of hydrogen-bond acceptors (Lipinski definition) is 5. The van der Waals surface area contributed by atoms with Crippen LogP contribution < -0.4 is 5.32 Å². The Morgan fingerprint density at radius 2 is 1.97 bits per heavy atom. The SMILES string of the molecule is COCCCn1c(SCC(=O)Nc2cccc(C(F)(F)F)c2)nnc1-c1ccccc1Cl. The van der Waals surface area contributed by atoms with Gasteiger partial charge in [0.15, 0.2) is 11.0 Å². The van der Waals surface area contributed by atoms with Gasteiger partial charge in [0, 0.05) is 31.5 Å². The van der Waals surface area contributed by atoms with Gasteiger partial charge in [0.05, 0.1) is 16.3 Å². The number of halogens is 4. The Morgan fingerprint density at radius 3 is 2.69 bits per heavy atom. The molecule has 3 aromatic rings. The summed E-state index contributed by atoms with van der Waals surface area (Å²) in [5, 5.41) is 11.9. The molecule has 6 nitrogen and oxygen atoms in total. The molecule has 0 aliphatic rings. The summed E-state index contributed by atoms with van der Waals surface area (Å²) >= 11 is 7.44. The first-order valence-electron chi connectivity index (χ1n) is 9.56. The molecule has 0 aliphatic carbocycles. The van der Waals surface area contributed by atoms with E-state index < -0.39 is 17.6 Å². The highest BCUT2D eigenvalue weighted by Crippen LogP contribution is 2.31. The third-order valence-corrected chi connectivity index (χ3v) is 5.66. The zero-order valence-corrected chi connectivity index (χ0v) is 18.6. The third-order valence-electron chi connectivity index (χ3n) is 4.37. The lowest BCUT2D eigenvalue weighted by Crippen LogP contribution is -2.15. The van der Waals surface area contributed by atoms with Gasteiger partial charge >= 0.3 is 6.18 Å². The number of benzene rings is 2. The summed E-state index contributed by atoms with van der Waals surface area (Å²) in [7, 11) is 1.61. The number of methoxy groups -OCH3 is 1. The number of alkyl halides is 3. The lowest BCUT2D eigenvalue weighted by molar-refractivity contribution is -0.137. The first-order valence-corrected chi connectivity index (χ1v) is 10.9. The molecule has 0 unspecified atom stereocenters. The molecule has 0 radical (unpaired) electrons. The van der Waals surface area contributed by atoms with Crippen molar-refractivity contribution in [1.82, 2.24) is 14.8 Å². The van der Waals surface area contributed by atoms with Crippen LogP contribution in [0.15, 0.2) is 53.7 Å². The van der Waals surface area contributed by atoms with Crippen LogP contribution in [-0.4, -0.2) is 40.1 Å². The van der Waals surface area contributed by atoms with Gasteiger partial charge in [0.1, 0.15) is 0 Å². The van der Waals surface area contributed by atoms with Crippen LogP contribution in [0.5, 0.6) is 0 Å². The van der Waals surface area contributed by atoms with Gasteiger partial charge in [-0.15, -0.1) is 10.2 Å². The van der Waals surface area contributed by atoms with Gasteiger partial charge in [-0.05, 0) is 36.8 Å². The van der Waals surface area contributed by atoms with Crippen molar-refractivity contribution in [3.8, 4) is 11.4 Å². The van der Waals surface area contributed by atoms with E-state index >= 15 is 0 Å². The van der Waals surface area contributed by atoms with Crippen LogP contribution in [0.3, 0.4) is 0 Å². The minimum absolute atomic E-state index is 0.0544. The summed E-state index contributed by atoms with van der Waals surface area (Å²) in [5.41, 5.74) is -0.0479. The maximum atomic E-state index is 12.9. The molecule has 0 saturated carbocycles. The Labute approximate surface area is 192 Å². The maximum absolute atomic E-state index is 12.9. The van der Waals surface area contributed by atoms with Crippen molar-refractivity contribution in [2.75, 3.05) is 24.8 Å². The highest BCUT2D eigenvalue weighted by molar-refractivity contribution is 7.99. The molecule has 0 atom stereocenters. The lowest BCUT2D eigenvalue weighted by Gasteiger charge is -2.11. The van der Waals surface area contributed by atoms with Crippen molar-refractivity contribution in [3.05, 3.63) is 59.1 Å². The maximum Gasteiger partial charge on any atom is 0.416 e. The minimum atomic E-state index is -4.48. The van der Waals surface area contributed by atoms with Gasteiger partial charge in [0.2, 0.25) is 5.91 Å². The predicted molar refractivity (Wildman–Crippen MR) is 118 cm³/mol. The molecule has 0 spiro atoms. The number of aromatic nitrogens is 3. The van der Waals surface area contributed by atoms with Crippen molar-refractivity contribution in [1.29, 1.82) is 0 Å². The topological polar surface area (TPSA) is 69.0 Å². The first kappa shape index (κ1) is 24.1. The van der Waals surface area contributed by atoms with Crippen molar-refractivity contribution < 1.29 is 22.7 Å². The number of nitrogens with one attached hydrogen (secondary N) is 1. The molecule has 1 amide bonds. The third kappa shape index (κ3) is 6.24. The molecular formula is C21H20ClF3N4O2S. The summed E-state index contributed by atoms with van der Waals surface area (Å²) in [6.45, 7) is 1.07. The van der Waals surface area contributed by atoms with Crippen LogP contribution in [0.2, 0.25) is 5.02 Å². The van der Waals surface area contributed by atoms with Gasteiger partial charge < -0.3 is 14.6 Å². The number of nitrogens with zero attached hydrogens (tertiary/aromatic N) is 3. The quantitative estimate of drug-likeness (QED) is 0.326. The van der Waals surface area contributed by atoms with Crippen molar-refractivity contribution >= 4 is 35.0 Å². The Kier molecular flexibility index (Phi) is 8.16. The van der Waals surface area contributed by atoms with E-state index in [4.69, 9.17) is 16.3 Å². The van der Waals surface area contributed by atoms with Crippen LogP contribution >= 0.6 is 23.4 Å². The number of anilines is 1. The van der Waals surface area contributed by atoms with Crippen LogP contribution in [0.1, 0.15) is 12.0 Å². The second-order valence-corrected chi connectivity index (χ2v) is 8.05. The average Bonchev–Trinajstić information content (AvgIpc) is 3.15. The van der Waals surface area contributed by atoms with Crippen LogP contribution in [0.25, 0.3) is 11.4 Å². The monoisotopic (exact) mass is 484 g/mol. The highest BCUT2D eigenvalue weighted by atomic mass is 35.5. The molecule has 32 heavy (non-hydrogen) atoms. The summed E-state index contributed by atoms with van der Waals surface area (Å²) in [4.78, 5) is 12.3. The lowest BCUT2D eigenvalue weighted by atomic mass is 10.2. The number of amides is 1. The van der Waals surface area contributed by atoms with E-state index in [1.807, 2.05) is 22.8 Å². The molecule has 0 aliphatic heterocycles. The average molecular weight is 485 g/mol. The predicted octanol–water partition coefficient (Wildman–Crippen LogP) is 5.38. The van der Waals surface area contributed by atoms with Gasteiger partial charge in [-0.25, -0.2) is 0 Å². The first-order chi connectivity index (χ1) is 15.3. The Bertz CT molecular complexity index is 1080. The zero-order chi connectivity index (χ0) is 23.1. The fourth-order valence-electron chi connectivity index (χ4n) is 2.91. The number of ether oxygens (including phenoxy) is 1. The summed E-state index contributed by atoms with van der Waals surface area (Å²) in [5.74, 6) is 0.0498. The number of rotatable bonds is 9.